The second kappa shape index (κ2) is 39.9. The quantitative estimate of drug-likeness (QED) is 0.0205. The van der Waals surface area contributed by atoms with Crippen molar-refractivity contribution in [2.75, 3.05) is 19.8 Å². The van der Waals surface area contributed by atoms with Crippen LogP contribution in [0.3, 0.4) is 0 Å². The van der Waals surface area contributed by atoms with Crippen LogP contribution in [-0.4, -0.2) is 64.9 Å². The first kappa shape index (κ1) is 54.1. The van der Waals surface area contributed by atoms with E-state index in [0.29, 0.717) is 19.3 Å². The average Bonchev–Trinajstić information content (AvgIpc) is 3.20. The van der Waals surface area contributed by atoms with Crippen molar-refractivity contribution in [3.8, 4) is 0 Å². The van der Waals surface area contributed by atoms with E-state index in [-0.39, 0.29) is 12.8 Å². The molecule has 4 N–H and O–H groups in total. The van der Waals surface area contributed by atoms with Crippen LogP contribution in [0.4, 0.5) is 0 Å². The number of unbranched alkanes of at least 4 members (excludes halogenated alkanes) is 5. The Morgan fingerprint density at radius 3 is 1.45 bits per heavy atom. The third kappa shape index (κ3) is 39.0. The van der Waals surface area contributed by atoms with Crippen LogP contribution in [0.15, 0.2) is 109 Å². The fraction of sp³-hybridized carbons (Fsp3) is 0.543. The van der Waals surface area contributed by atoms with Crippen LogP contribution in [0.5, 0.6) is 0 Å². The van der Waals surface area contributed by atoms with Gasteiger partial charge in [-0.25, -0.2) is 9.36 Å². The van der Waals surface area contributed by atoms with Gasteiger partial charge in [0.25, 0.3) is 0 Å². The molecule has 326 valence electrons. The number of nitrogens with one attached hydrogen (secondary N) is 1. The second-order valence-corrected chi connectivity index (χ2v) is 14.9. The SMILES string of the molecule is CC/C=C\C/C=C\C/C=C\C/C=C\C/C=C\C/C=C\CCC(=O)NC(COP(=O)(O)OCC(O)COC(=O)CCCCCCC/C=C\C/C=C\C/C=C\CC)C(=O)O. The van der Waals surface area contributed by atoms with Gasteiger partial charge in [0, 0.05) is 12.8 Å². The molecule has 12 heteroatoms. The molecular weight excluding hydrogens is 757 g/mol. The van der Waals surface area contributed by atoms with Gasteiger partial charge in [0.2, 0.25) is 5.91 Å². The van der Waals surface area contributed by atoms with Crippen LogP contribution in [-0.2, 0) is 32.7 Å². The predicted molar refractivity (Wildman–Crippen MR) is 235 cm³/mol. The van der Waals surface area contributed by atoms with E-state index in [1.54, 1.807) is 0 Å². The summed E-state index contributed by atoms with van der Waals surface area (Å²) in [6.07, 6.45) is 51.3. The number of esters is 1. The Morgan fingerprint density at radius 1 is 0.552 bits per heavy atom. The highest BCUT2D eigenvalue weighted by Crippen LogP contribution is 2.43. The topological polar surface area (TPSA) is 169 Å². The Bertz CT molecular complexity index is 1390. The number of rotatable bonds is 37. The minimum atomic E-state index is -4.79. The molecule has 0 aliphatic carbocycles. The lowest BCUT2D eigenvalue weighted by atomic mass is 10.1. The number of carbonyl (C=O) groups excluding carboxylic acids is 2. The summed E-state index contributed by atoms with van der Waals surface area (Å²) < 4.78 is 26.7. The fourth-order valence-corrected chi connectivity index (χ4v) is 5.65. The monoisotopic (exact) mass is 829 g/mol. The molecule has 0 saturated carbocycles. The van der Waals surface area contributed by atoms with Crippen LogP contribution in [0, 0.1) is 0 Å². The molecule has 0 spiro atoms. The first-order valence-corrected chi connectivity index (χ1v) is 22.4. The molecule has 0 radical (unpaired) electrons. The van der Waals surface area contributed by atoms with Gasteiger partial charge >= 0.3 is 19.8 Å². The normalized spacial score (nSPS) is 14.8. The number of carboxylic acids is 1. The molecule has 3 atom stereocenters. The number of hydrogen-bond donors (Lipinski definition) is 4. The summed E-state index contributed by atoms with van der Waals surface area (Å²) in [7, 11) is -4.79. The van der Waals surface area contributed by atoms with E-state index >= 15 is 0 Å². The number of carboxylic acid groups (broad SMARTS) is 1. The lowest BCUT2D eigenvalue weighted by molar-refractivity contribution is -0.147. The summed E-state index contributed by atoms with van der Waals surface area (Å²) >= 11 is 0. The second-order valence-electron chi connectivity index (χ2n) is 13.4. The zero-order valence-electron chi connectivity index (χ0n) is 35.0. The highest BCUT2D eigenvalue weighted by molar-refractivity contribution is 7.47. The van der Waals surface area contributed by atoms with Gasteiger partial charge in [-0.1, -0.05) is 142 Å². The molecule has 0 aromatic rings. The van der Waals surface area contributed by atoms with Crippen LogP contribution >= 0.6 is 7.82 Å². The number of allylic oxidation sites excluding steroid dienone is 18. The van der Waals surface area contributed by atoms with E-state index in [1.165, 1.54) is 0 Å². The highest BCUT2D eigenvalue weighted by atomic mass is 31.2. The molecule has 0 saturated heterocycles. The minimum Gasteiger partial charge on any atom is -0.480 e. The van der Waals surface area contributed by atoms with Gasteiger partial charge in [-0.3, -0.25) is 18.6 Å². The molecule has 11 nitrogen and oxygen atoms in total. The Balaban J connectivity index is 4.08. The molecule has 58 heavy (non-hydrogen) atoms. The van der Waals surface area contributed by atoms with E-state index in [9.17, 15) is 34.1 Å². The van der Waals surface area contributed by atoms with Crippen molar-refractivity contribution in [3.05, 3.63) is 109 Å². The Kier molecular flexibility index (Phi) is 37.3. The van der Waals surface area contributed by atoms with Crippen LogP contribution in [0.2, 0.25) is 0 Å². The fourth-order valence-electron chi connectivity index (χ4n) is 4.88. The maximum Gasteiger partial charge on any atom is 0.472 e. The lowest BCUT2D eigenvalue weighted by Gasteiger charge is -2.18. The van der Waals surface area contributed by atoms with Crippen LogP contribution in [0.1, 0.15) is 129 Å². The maximum absolute atomic E-state index is 12.3. The Morgan fingerprint density at radius 2 is 0.966 bits per heavy atom. The van der Waals surface area contributed by atoms with Crippen molar-refractivity contribution in [1.82, 2.24) is 5.32 Å². The molecule has 3 unspecified atom stereocenters. The first-order chi connectivity index (χ1) is 28.1. The molecule has 0 aromatic heterocycles. The van der Waals surface area contributed by atoms with E-state index in [4.69, 9.17) is 13.8 Å². The molecule has 0 rings (SSSR count). The maximum atomic E-state index is 12.3. The summed E-state index contributed by atoms with van der Waals surface area (Å²) in [5.74, 6) is -2.53. The number of aliphatic hydroxyl groups excluding tert-OH is 1. The summed E-state index contributed by atoms with van der Waals surface area (Å²) in [5, 5.41) is 21.7. The molecule has 0 aliphatic heterocycles. The van der Waals surface area contributed by atoms with E-state index in [2.05, 4.69) is 110 Å². The summed E-state index contributed by atoms with van der Waals surface area (Å²) in [6.45, 7) is 2.26. The van der Waals surface area contributed by atoms with Gasteiger partial charge in [-0.15, -0.1) is 0 Å². The largest absolute Gasteiger partial charge is 0.480 e. The van der Waals surface area contributed by atoms with Gasteiger partial charge in [-0.2, -0.15) is 0 Å². The van der Waals surface area contributed by atoms with Crippen molar-refractivity contribution >= 4 is 25.7 Å². The van der Waals surface area contributed by atoms with Crippen LogP contribution in [0.25, 0.3) is 0 Å². The van der Waals surface area contributed by atoms with Gasteiger partial charge in [0.15, 0.2) is 6.04 Å². The molecule has 0 aliphatic rings. The van der Waals surface area contributed by atoms with Crippen molar-refractivity contribution in [1.29, 1.82) is 0 Å². The molecule has 0 aromatic carbocycles. The van der Waals surface area contributed by atoms with Gasteiger partial charge in [0.1, 0.15) is 12.7 Å². The number of aliphatic carboxylic acids is 1. The van der Waals surface area contributed by atoms with Crippen molar-refractivity contribution < 1.29 is 47.8 Å². The average molecular weight is 830 g/mol. The number of aliphatic hydroxyl groups is 1. The zero-order valence-corrected chi connectivity index (χ0v) is 35.9. The number of amides is 1. The molecular formula is C46H72NO10P. The number of phosphoric ester groups is 1. The smallest absolute Gasteiger partial charge is 0.472 e. The van der Waals surface area contributed by atoms with Crippen molar-refractivity contribution in [3.63, 3.8) is 0 Å². The third-order valence-corrected chi connectivity index (χ3v) is 9.02. The third-order valence-electron chi connectivity index (χ3n) is 8.07. The number of hydrogen-bond acceptors (Lipinski definition) is 8. The van der Waals surface area contributed by atoms with E-state index in [0.717, 1.165) is 83.5 Å². The summed E-state index contributed by atoms with van der Waals surface area (Å²) in [6, 6.07) is -1.60. The summed E-state index contributed by atoms with van der Waals surface area (Å²) in [4.78, 5) is 45.8. The zero-order chi connectivity index (χ0) is 42.8. The minimum absolute atomic E-state index is 0.0123. The number of ether oxygens (including phenoxy) is 1. The standard InChI is InChI=1S/C46H72NO10P/c1-3-5-7-9-11-13-15-17-19-20-21-22-24-25-27-29-31-33-35-37-44(49)47-43(46(51)52)41-57-58(53,54)56-40-42(48)39-55-45(50)38-36-34-32-30-28-26-23-18-16-14-12-10-8-6-4-2/h5-8,11-14,17-19,21-23,25,27,31,33,42-43,48H,3-4,9-10,15-16,20,24,26,28-30,32,34-41H2,1-2H3,(H,47,49)(H,51,52)(H,53,54)/b7-5-,8-6-,13-11-,14-12-,19-17-,22-21-,23-18-,27-25-,33-31-. The summed E-state index contributed by atoms with van der Waals surface area (Å²) in [5.41, 5.74) is 0. The van der Waals surface area contributed by atoms with E-state index in [1.807, 2.05) is 18.2 Å². The van der Waals surface area contributed by atoms with Crippen molar-refractivity contribution in [2.24, 2.45) is 0 Å². The van der Waals surface area contributed by atoms with Crippen LogP contribution < -0.4 is 5.32 Å². The highest BCUT2D eigenvalue weighted by Gasteiger charge is 2.28. The first-order valence-electron chi connectivity index (χ1n) is 20.9. The lowest BCUT2D eigenvalue weighted by Crippen LogP contribution is -2.43. The predicted octanol–water partition coefficient (Wildman–Crippen LogP) is 10.7. The molecule has 1 amide bonds. The van der Waals surface area contributed by atoms with Crippen molar-refractivity contribution in [2.45, 2.75) is 142 Å². The van der Waals surface area contributed by atoms with Gasteiger partial charge in [0.05, 0.1) is 13.2 Å². The molecule has 0 fully saturated rings. The van der Waals surface area contributed by atoms with E-state index < -0.39 is 57.6 Å². The number of carbonyl (C=O) groups is 3. The molecule has 0 heterocycles. The van der Waals surface area contributed by atoms with Gasteiger partial charge < -0.3 is 25.2 Å². The Labute approximate surface area is 348 Å². The Hall–Kier alpha value is -3.86. The van der Waals surface area contributed by atoms with Gasteiger partial charge in [-0.05, 0) is 83.5 Å². The number of phosphoric acid groups is 1. The molecule has 0 bridgehead atoms.